The first-order valence-corrected chi connectivity index (χ1v) is 49.4. The summed E-state index contributed by atoms with van der Waals surface area (Å²) in [6.07, 6.45) is 21.5. The highest BCUT2D eigenvalue weighted by atomic mass is 16.5. The number of aryl methyl sites for hydroxylation is 3. The number of fused-ring (bicyclic) bond motifs is 5. The summed E-state index contributed by atoms with van der Waals surface area (Å²) in [5.41, 5.74) is 49.1. The number of pyridine rings is 3. The topological polar surface area (TPSA) is 410 Å². The predicted molar refractivity (Wildman–Crippen MR) is 547 cm³/mol. The highest BCUT2D eigenvalue weighted by Crippen LogP contribution is 2.41. The van der Waals surface area contributed by atoms with Crippen LogP contribution in [0.25, 0.3) is 0 Å². The number of nitrogen functional groups attached to an aromatic ring is 5. The van der Waals surface area contributed by atoms with Crippen molar-refractivity contribution >= 4 is 69.7 Å². The van der Waals surface area contributed by atoms with Gasteiger partial charge in [-0.05, 0) is 195 Å². The molecular weight excluding hydrogens is 1750 g/mol. The number of Topliss-reactive ketones (excluding diaryl/α,β-unsaturated/α-hetero) is 2. The average Bonchev–Trinajstić information content (AvgIpc) is 0.933. The van der Waals surface area contributed by atoms with Crippen LogP contribution in [0.4, 0.5) is 58.2 Å². The molecule has 0 spiro atoms. The van der Waals surface area contributed by atoms with E-state index < -0.39 is 5.54 Å². The van der Waals surface area contributed by atoms with Crippen molar-refractivity contribution in [2.75, 3.05) is 145 Å². The van der Waals surface area contributed by atoms with Crippen LogP contribution in [-0.4, -0.2) is 190 Å². The van der Waals surface area contributed by atoms with Crippen molar-refractivity contribution in [3.63, 3.8) is 0 Å². The molecule has 33 nitrogen and oxygen atoms in total. The fraction of sp³-hybridized carbons (Fsp3) is 0.481. The first kappa shape index (κ1) is 102. The zero-order valence-electron chi connectivity index (χ0n) is 83.1. The zero-order chi connectivity index (χ0) is 98.2. The van der Waals surface area contributed by atoms with E-state index in [-0.39, 0.29) is 42.5 Å². The summed E-state index contributed by atoms with van der Waals surface area (Å²) in [6.45, 7) is 48.8. The molecule has 16 heterocycles. The van der Waals surface area contributed by atoms with Gasteiger partial charge in [0.2, 0.25) is 0 Å². The van der Waals surface area contributed by atoms with Gasteiger partial charge in [-0.2, -0.15) is 49.8 Å². The van der Waals surface area contributed by atoms with E-state index in [1.165, 1.54) is 63.0 Å². The number of ether oxygens (including phenoxy) is 6. The summed E-state index contributed by atoms with van der Waals surface area (Å²) < 4.78 is 34.1. The van der Waals surface area contributed by atoms with Gasteiger partial charge in [0.05, 0.1) is 44.6 Å². The number of carbonyl (C=O) groups excluding carboxylic acids is 2. The van der Waals surface area contributed by atoms with Crippen LogP contribution in [-0.2, 0) is 92.2 Å². The minimum absolute atomic E-state index is 0.0609. The number of anilines is 10. The van der Waals surface area contributed by atoms with Gasteiger partial charge in [-0.3, -0.25) is 34.3 Å². The van der Waals surface area contributed by atoms with Crippen LogP contribution in [0.15, 0.2) is 140 Å². The van der Waals surface area contributed by atoms with Gasteiger partial charge in [-0.1, -0.05) is 143 Å². The Bertz CT molecular complexity index is 5870. The SMILES string of the molecule is C=C1Cc2c(N)nc(OCC3CCOCC3)nc2N(Cc2ccc(C)nc2)C1.C=C1Cc2c(N)nc(OCCCC)nc2N(Cc2ccc(C)nc2)C1.C=C1Cc2c(N)nc(O[C@@H](C)CCC)nc2N(Cc2ccc(C)nc2)C1.CCCCOc1nc(N)c2c(n1)N(Cc1cccc(CN3CCCC3)c1)C(C)(C)C(=O)C2.CCOc1nc(N)c2c(n1)N(Cc1cccc(CN3CCCC3)c1)CC(=O)C2. The predicted octanol–water partition coefficient (Wildman–Crippen LogP) is 15.1. The van der Waals surface area contributed by atoms with E-state index in [2.05, 4.69) is 191 Å². The lowest BCUT2D eigenvalue weighted by Crippen LogP contribution is -2.54. The molecular formula is C106H141N25O8. The minimum Gasteiger partial charge on any atom is -0.464 e. The monoisotopic (exact) mass is 1890 g/mol. The van der Waals surface area contributed by atoms with Gasteiger partial charge in [0.25, 0.3) is 0 Å². The molecule has 8 aliphatic heterocycles. The van der Waals surface area contributed by atoms with Crippen molar-refractivity contribution in [2.24, 2.45) is 5.92 Å². The van der Waals surface area contributed by atoms with Crippen molar-refractivity contribution < 1.29 is 38.0 Å². The Kier molecular flexibility index (Phi) is 35.4. The molecule has 0 radical (unpaired) electrons. The van der Waals surface area contributed by atoms with Gasteiger partial charge < -0.3 is 81.6 Å². The molecule has 10 aromatic rings. The molecule has 0 unspecified atom stereocenters. The van der Waals surface area contributed by atoms with Crippen LogP contribution >= 0.6 is 0 Å². The molecule has 738 valence electrons. The third-order valence-electron chi connectivity index (χ3n) is 25.9. The van der Waals surface area contributed by atoms with E-state index >= 15 is 0 Å². The number of nitrogens with zero attached hydrogens (tertiary/aromatic N) is 20. The number of aromatic nitrogens is 13. The number of ketones is 2. The number of rotatable bonds is 31. The molecule has 8 aromatic heterocycles. The molecule has 0 amide bonds. The Morgan fingerprint density at radius 1 is 0.424 bits per heavy atom. The maximum Gasteiger partial charge on any atom is 0.320 e. The Morgan fingerprint density at radius 2 is 0.791 bits per heavy atom. The number of likely N-dealkylation sites (tertiary alicyclic amines) is 2. The van der Waals surface area contributed by atoms with Crippen LogP contribution in [0.3, 0.4) is 0 Å². The molecule has 33 heteroatoms. The lowest BCUT2D eigenvalue weighted by molar-refractivity contribution is -0.123. The van der Waals surface area contributed by atoms with Gasteiger partial charge in [0.15, 0.2) is 11.6 Å². The Labute approximate surface area is 818 Å². The number of nitrogens with two attached hydrogens (primary N) is 5. The Hall–Kier alpha value is -13.3. The second-order valence-corrected chi connectivity index (χ2v) is 38.1. The standard InChI is InChI=1S/C25H35N5O2.2C21H27N5O2.C20H27N5O.C19H25N5O/c1-4-5-13-32-24-27-22(26)20-15-21(31)25(2,3)30(23(20)28-24)17-19-10-8-9-18(14-19)16-29-11-6-7-12-29;1-14-9-18-19(22)24-21(28-13-16-5-7-27-8-6-16)25-20(18)26(11-14)12-17-4-3-15(2)23-10-17;1-2-28-21-23-19(22)18-11-17(27)14-26(20(18)24-21)13-16-7-5-6-15(10-16)12-25-8-3-4-9-25;1-5-6-15(4)26-20-23-18(21)17-9-13(2)11-25(19(17)24-20)12-16-8-7-14(3)22-10-16;1-4-5-8-25-19-22-17(20)16-9-13(2)11-24(18(16)23-19)12-15-7-6-14(3)21-10-15/h8-10,14H,4-7,11-13,15-17H2,1-3H3,(H2,26,27,28);3-4,10,16H,1,5-9,11-13H2,2H3,(H2,22,24,25);5-7,10H,2-4,8-9,11-14H2,1H3,(H2,22,23,24);7-8,10,15H,2,5-6,9,11-12H2,1,3-4H3,(H2,21,23,24);6-7,10H,2,4-5,8-9,11-12H2,1,3H3,(H2,20,22,23)/t;;;15-;/m...0./s1. The van der Waals surface area contributed by atoms with E-state index in [1.807, 2.05) is 90.2 Å². The Balaban J connectivity index is 0.000000139. The first-order chi connectivity index (χ1) is 67.1. The smallest absolute Gasteiger partial charge is 0.320 e. The summed E-state index contributed by atoms with van der Waals surface area (Å²) in [4.78, 5) is 98.8. The third-order valence-corrected chi connectivity index (χ3v) is 25.9. The molecule has 0 saturated carbocycles. The third kappa shape index (κ3) is 27.9. The van der Waals surface area contributed by atoms with Crippen molar-refractivity contribution in [3.8, 4) is 30.1 Å². The normalized spacial score (nSPS) is 16.4. The minimum atomic E-state index is -0.695. The van der Waals surface area contributed by atoms with Crippen LogP contribution in [0.5, 0.6) is 30.1 Å². The van der Waals surface area contributed by atoms with Gasteiger partial charge in [0.1, 0.15) is 58.2 Å². The largest absolute Gasteiger partial charge is 0.464 e. The molecule has 3 fully saturated rings. The summed E-state index contributed by atoms with van der Waals surface area (Å²) in [5.74, 6) is 6.73. The summed E-state index contributed by atoms with van der Waals surface area (Å²) in [5, 5.41) is 0. The quantitative estimate of drug-likeness (QED) is 0.0199. The van der Waals surface area contributed by atoms with Crippen molar-refractivity contribution in [1.29, 1.82) is 0 Å². The van der Waals surface area contributed by atoms with Crippen LogP contribution < -0.4 is 76.9 Å². The maximum absolute atomic E-state index is 13.0. The zero-order valence-corrected chi connectivity index (χ0v) is 83.1. The number of hydrogen-bond acceptors (Lipinski definition) is 33. The highest BCUT2D eigenvalue weighted by Gasteiger charge is 2.43. The molecule has 18 rings (SSSR count). The fourth-order valence-corrected chi connectivity index (χ4v) is 18.2. The van der Waals surface area contributed by atoms with Crippen molar-refractivity contribution in [2.45, 2.75) is 236 Å². The van der Waals surface area contributed by atoms with Crippen molar-refractivity contribution in [3.05, 3.63) is 224 Å². The molecule has 2 aromatic carbocycles. The van der Waals surface area contributed by atoms with Crippen LogP contribution in [0.2, 0.25) is 0 Å². The van der Waals surface area contributed by atoms with Gasteiger partial charge in [-0.15, -0.1) is 0 Å². The molecule has 139 heavy (non-hydrogen) atoms. The lowest BCUT2D eigenvalue weighted by atomic mass is 9.86. The maximum atomic E-state index is 13.0. The molecule has 3 saturated heterocycles. The summed E-state index contributed by atoms with van der Waals surface area (Å²) >= 11 is 0. The van der Waals surface area contributed by atoms with E-state index in [4.69, 9.17) is 67.1 Å². The van der Waals surface area contributed by atoms with E-state index in [0.717, 1.165) is 193 Å². The van der Waals surface area contributed by atoms with Gasteiger partial charge in [-0.25, -0.2) is 0 Å². The fourth-order valence-electron chi connectivity index (χ4n) is 18.2. The number of benzene rings is 2. The second-order valence-electron chi connectivity index (χ2n) is 38.1. The van der Waals surface area contributed by atoms with Crippen LogP contribution in [0, 0.1) is 26.7 Å². The van der Waals surface area contributed by atoms with Gasteiger partial charge in [0, 0.05) is 174 Å². The molecule has 0 bridgehead atoms. The summed E-state index contributed by atoms with van der Waals surface area (Å²) in [6, 6.07) is 31.2. The number of unbranched alkanes of at least 4 members (excludes halogenated alkanes) is 2. The lowest BCUT2D eigenvalue weighted by Gasteiger charge is -2.43. The van der Waals surface area contributed by atoms with Crippen LogP contribution in [0.1, 0.15) is 209 Å². The molecule has 10 N–H and O–H groups in total. The summed E-state index contributed by atoms with van der Waals surface area (Å²) in [7, 11) is 0. The second kappa shape index (κ2) is 48.3. The molecule has 8 aliphatic rings. The molecule has 1 atom stereocenters. The van der Waals surface area contributed by atoms with E-state index in [9.17, 15) is 9.59 Å². The number of hydrogen-bond donors (Lipinski definition) is 5. The molecule has 0 aliphatic carbocycles. The van der Waals surface area contributed by atoms with Gasteiger partial charge >= 0.3 is 30.1 Å². The number of carbonyl (C=O) groups is 2. The van der Waals surface area contributed by atoms with E-state index in [1.54, 1.807) is 0 Å². The highest BCUT2D eigenvalue weighted by molar-refractivity contribution is 5.97. The Morgan fingerprint density at radius 3 is 1.20 bits per heavy atom. The van der Waals surface area contributed by atoms with E-state index in [0.29, 0.717) is 161 Å². The van der Waals surface area contributed by atoms with Crippen molar-refractivity contribution in [1.82, 2.24) is 74.6 Å². The first-order valence-electron chi connectivity index (χ1n) is 49.4. The average molecular weight is 1890 g/mol.